The highest BCUT2D eigenvalue weighted by Crippen LogP contribution is 2.25. The molecule has 0 aromatic heterocycles. The highest BCUT2D eigenvalue weighted by atomic mass is 35.5. The Balaban J connectivity index is 0.00000264. The second kappa shape index (κ2) is 8.89. The van der Waals surface area contributed by atoms with Crippen molar-refractivity contribution in [2.45, 2.75) is 33.1 Å². The van der Waals surface area contributed by atoms with E-state index in [9.17, 15) is 9.59 Å². The summed E-state index contributed by atoms with van der Waals surface area (Å²) in [6, 6.07) is 5.24. The molecule has 2 rings (SSSR count). The number of benzene rings is 1. The molecule has 23 heavy (non-hydrogen) atoms. The molecule has 1 aliphatic rings. The zero-order valence-corrected chi connectivity index (χ0v) is 14.5. The van der Waals surface area contributed by atoms with Crippen molar-refractivity contribution in [3.63, 3.8) is 0 Å². The maximum absolute atomic E-state index is 12.2. The minimum Gasteiger partial charge on any atom is -0.366 e. The van der Waals surface area contributed by atoms with Gasteiger partial charge in [0.25, 0.3) is 0 Å². The molecule has 6 heteroatoms. The quantitative estimate of drug-likeness (QED) is 0.770. The van der Waals surface area contributed by atoms with E-state index in [0.717, 1.165) is 31.5 Å². The van der Waals surface area contributed by atoms with E-state index in [1.165, 1.54) is 0 Å². The van der Waals surface area contributed by atoms with Gasteiger partial charge >= 0.3 is 0 Å². The van der Waals surface area contributed by atoms with E-state index in [1.54, 1.807) is 18.2 Å². The van der Waals surface area contributed by atoms with Crippen LogP contribution >= 0.6 is 12.4 Å². The van der Waals surface area contributed by atoms with Crippen LogP contribution in [0.1, 0.15) is 42.1 Å². The number of nitrogens with two attached hydrogens (primary N) is 1. The SMILES string of the molecule is Cc1ccc(NC(=O)CC(C)C2CCNCC2)cc1C(N)=O.Cl. The van der Waals surface area contributed by atoms with Gasteiger partial charge < -0.3 is 16.4 Å². The van der Waals surface area contributed by atoms with E-state index >= 15 is 0 Å². The first-order valence-corrected chi connectivity index (χ1v) is 7.88. The summed E-state index contributed by atoms with van der Waals surface area (Å²) in [6.45, 7) is 6.04. The van der Waals surface area contributed by atoms with Crippen LogP contribution in [0.4, 0.5) is 5.69 Å². The number of rotatable bonds is 5. The predicted molar refractivity (Wildman–Crippen MR) is 94.9 cm³/mol. The number of amides is 2. The summed E-state index contributed by atoms with van der Waals surface area (Å²) in [5.74, 6) is 0.483. The number of primary amides is 1. The number of anilines is 1. The summed E-state index contributed by atoms with van der Waals surface area (Å²) in [5, 5.41) is 6.21. The number of piperidine rings is 1. The third-order valence-corrected chi connectivity index (χ3v) is 4.48. The van der Waals surface area contributed by atoms with E-state index in [4.69, 9.17) is 5.73 Å². The molecule has 1 aromatic rings. The summed E-state index contributed by atoms with van der Waals surface area (Å²) >= 11 is 0. The minimum atomic E-state index is -0.475. The summed E-state index contributed by atoms with van der Waals surface area (Å²) in [7, 11) is 0. The lowest BCUT2D eigenvalue weighted by Crippen LogP contribution is -2.32. The topological polar surface area (TPSA) is 84.2 Å². The van der Waals surface area contributed by atoms with Crippen molar-refractivity contribution in [3.05, 3.63) is 29.3 Å². The molecule has 0 saturated carbocycles. The molecule has 1 aromatic carbocycles. The van der Waals surface area contributed by atoms with Crippen LogP contribution in [0.2, 0.25) is 0 Å². The molecule has 0 aliphatic carbocycles. The van der Waals surface area contributed by atoms with Gasteiger partial charge in [0.1, 0.15) is 0 Å². The van der Waals surface area contributed by atoms with Gasteiger partial charge in [0.2, 0.25) is 11.8 Å². The van der Waals surface area contributed by atoms with Crippen molar-refractivity contribution in [3.8, 4) is 0 Å². The maximum atomic E-state index is 12.2. The predicted octanol–water partition coefficient (Wildman–Crippen LogP) is 2.48. The Labute approximate surface area is 143 Å². The molecule has 0 radical (unpaired) electrons. The van der Waals surface area contributed by atoms with Crippen molar-refractivity contribution in [2.75, 3.05) is 18.4 Å². The van der Waals surface area contributed by atoms with Crippen LogP contribution in [0.3, 0.4) is 0 Å². The van der Waals surface area contributed by atoms with Crippen molar-refractivity contribution in [1.82, 2.24) is 5.32 Å². The smallest absolute Gasteiger partial charge is 0.249 e. The summed E-state index contributed by atoms with van der Waals surface area (Å²) < 4.78 is 0. The van der Waals surface area contributed by atoms with Gasteiger partial charge in [-0.15, -0.1) is 12.4 Å². The number of hydrogen-bond acceptors (Lipinski definition) is 3. The fourth-order valence-electron chi connectivity index (χ4n) is 3.05. The fraction of sp³-hybridized carbons (Fsp3) is 0.529. The normalized spacial score (nSPS) is 16.3. The summed E-state index contributed by atoms with van der Waals surface area (Å²) in [5.41, 5.74) is 7.22. The highest BCUT2D eigenvalue weighted by molar-refractivity contribution is 5.97. The largest absolute Gasteiger partial charge is 0.366 e. The number of halogens is 1. The Kier molecular flexibility index (Phi) is 7.52. The first-order valence-electron chi connectivity index (χ1n) is 7.88. The molecule has 2 amide bonds. The molecule has 0 bridgehead atoms. The number of nitrogens with one attached hydrogen (secondary N) is 2. The summed E-state index contributed by atoms with van der Waals surface area (Å²) in [4.78, 5) is 23.5. The molecule has 1 aliphatic heterocycles. The number of aryl methyl sites for hydroxylation is 1. The van der Waals surface area contributed by atoms with Gasteiger partial charge in [0.15, 0.2) is 0 Å². The average molecular weight is 340 g/mol. The Morgan fingerprint density at radius 2 is 2.00 bits per heavy atom. The Morgan fingerprint density at radius 3 is 2.61 bits per heavy atom. The number of carbonyl (C=O) groups is 2. The molecular formula is C17H26ClN3O2. The van der Waals surface area contributed by atoms with Crippen LogP contribution in [0, 0.1) is 18.8 Å². The van der Waals surface area contributed by atoms with Crippen LogP contribution < -0.4 is 16.4 Å². The molecule has 5 nitrogen and oxygen atoms in total. The third kappa shape index (κ3) is 5.52. The molecule has 1 unspecified atom stereocenters. The lowest BCUT2D eigenvalue weighted by Gasteiger charge is -2.27. The van der Waals surface area contributed by atoms with Crippen LogP contribution in [-0.2, 0) is 4.79 Å². The number of carbonyl (C=O) groups excluding carboxylic acids is 2. The third-order valence-electron chi connectivity index (χ3n) is 4.48. The van der Waals surface area contributed by atoms with E-state index in [2.05, 4.69) is 17.6 Å². The number of hydrogen-bond donors (Lipinski definition) is 3. The van der Waals surface area contributed by atoms with Crippen LogP contribution in [0.5, 0.6) is 0 Å². The molecule has 1 heterocycles. The fourth-order valence-corrected chi connectivity index (χ4v) is 3.05. The lowest BCUT2D eigenvalue weighted by atomic mass is 9.84. The van der Waals surface area contributed by atoms with Gasteiger partial charge in [-0.25, -0.2) is 0 Å². The molecule has 0 spiro atoms. The van der Waals surface area contributed by atoms with Crippen molar-refractivity contribution >= 4 is 29.9 Å². The monoisotopic (exact) mass is 339 g/mol. The van der Waals surface area contributed by atoms with E-state index in [-0.39, 0.29) is 18.3 Å². The van der Waals surface area contributed by atoms with Gasteiger partial charge in [-0.2, -0.15) is 0 Å². The summed E-state index contributed by atoms with van der Waals surface area (Å²) in [6.07, 6.45) is 2.76. The van der Waals surface area contributed by atoms with Crippen LogP contribution in [0.25, 0.3) is 0 Å². The zero-order valence-electron chi connectivity index (χ0n) is 13.7. The van der Waals surface area contributed by atoms with Gasteiger partial charge in [-0.3, -0.25) is 9.59 Å². The first kappa shape index (κ1) is 19.5. The second-order valence-corrected chi connectivity index (χ2v) is 6.21. The van der Waals surface area contributed by atoms with Crippen molar-refractivity contribution < 1.29 is 9.59 Å². The van der Waals surface area contributed by atoms with Gasteiger partial charge in [0.05, 0.1) is 0 Å². The van der Waals surface area contributed by atoms with Crippen molar-refractivity contribution in [2.24, 2.45) is 17.6 Å². The zero-order chi connectivity index (χ0) is 16.1. The molecule has 4 N–H and O–H groups in total. The molecule has 1 fully saturated rings. The van der Waals surface area contributed by atoms with E-state index < -0.39 is 5.91 Å². The second-order valence-electron chi connectivity index (χ2n) is 6.21. The molecule has 128 valence electrons. The van der Waals surface area contributed by atoms with Crippen LogP contribution in [-0.4, -0.2) is 24.9 Å². The highest BCUT2D eigenvalue weighted by Gasteiger charge is 2.22. The van der Waals surface area contributed by atoms with E-state index in [0.29, 0.717) is 29.5 Å². The average Bonchev–Trinajstić information content (AvgIpc) is 2.49. The Hall–Kier alpha value is -1.59. The Bertz CT molecular complexity index is 557. The lowest BCUT2D eigenvalue weighted by molar-refractivity contribution is -0.117. The maximum Gasteiger partial charge on any atom is 0.249 e. The van der Waals surface area contributed by atoms with Crippen molar-refractivity contribution in [1.29, 1.82) is 0 Å². The first-order chi connectivity index (χ1) is 10.5. The van der Waals surface area contributed by atoms with Gasteiger partial charge in [-0.1, -0.05) is 13.0 Å². The van der Waals surface area contributed by atoms with Gasteiger partial charge in [-0.05, 0) is 62.4 Å². The van der Waals surface area contributed by atoms with Gasteiger partial charge in [0, 0.05) is 17.7 Å². The minimum absolute atomic E-state index is 0. The molecule has 1 saturated heterocycles. The van der Waals surface area contributed by atoms with E-state index in [1.807, 2.05) is 6.92 Å². The van der Waals surface area contributed by atoms with Crippen LogP contribution in [0.15, 0.2) is 18.2 Å². The standard InChI is InChI=1S/C17H25N3O2.ClH/c1-11-3-4-14(10-15(11)17(18)22)20-16(21)9-12(2)13-5-7-19-8-6-13;/h3-4,10,12-13,19H,5-9H2,1-2H3,(H2,18,22)(H,20,21);1H. The Morgan fingerprint density at radius 1 is 1.35 bits per heavy atom. The molecule has 1 atom stereocenters. The molecular weight excluding hydrogens is 314 g/mol.